The smallest absolute Gasteiger partial charge is 0.289 e. The number of halogens is 1. The van der Waals surface area contributed by atoms with Crippen molar-refractivity contribution in [2.75, 3.05) is 11.9 Å². The molecule has 0 saturated heterocycles. The third-order valence-corrected chi connectivity index (χ3v) is 3.87. The number of benzene rings is 1. The van der Waals surface area contributed by atoms with Gasteiger partial charge in [0.05, 0.1) is 16.6 Å². The van der Waals surface area contributed by atoms with Crippen LogP contribution in [0, 0.1) is 0 Å². The third kappa shape index (κ3) is 1.85. The average Bonchev–Trinajstić information content (AvgIpc) is 2.77. The molecular weight excluding hydrogens is 290 g/mol. The second kappa shape index (κ2) is 4.36. The van der Waals surface area contributed by atoms with Crippen LogP contribution < -0.4 is 10.6 Å². The highest BCUT2D eigenvalue weighted by molar-refractivity contribution is 6.30. The highest BCUT2D eigenvalue weighted by atomic mass is 35.5. The van der Waals surface area contributed by atoms with Crippen molar-refractivity contribution in [1.82, 2.24) is 10.3 Å². The summed E-state index contributed by atoms with van der Waals surface area (Å²) in [7, 11) is 0. The summed E-state index contributed by atoms with van der Waals surface area (Å²) in [6, 6.07) is 7.33. The normalized spacial score (nSPS) is 18.2. The van der Waals surface area contributed by atoms with Gasteiger partial charge in [0, 0.05) is 18.0 Å². The van der Waals surface area contributed by atoms with Crippen LogP contribution in [0.4, 0.5) is 5.69 Å². The lowest BCUT2D eigenvalue weighted by Gasteiger charge is -2.09. The standard InChI is InChI=1S/C15H12ClN3O2/c1-7-6-17-13-12-8-2-5-11(16)19-9(8)3-4-10(12)21-14(13)15(20)18-7/h2-5,7,17H,6H2,1H3,(H,18,20)/t7-/m1/s1. The number of hydrogen-bond acceptors (Lipinski definition) is 4. The first-order chi connectivity index (χ1) is 10.1. The van der Waals surface area contributed by atoms with Gasteiger partial charge in [-0.1, -0.05) is 11.6 Å². The van der Waals surface area contributed by atoms with Gasteiger partial charge in [-0.2, -0.15) is 0 Å². The monoisotopic (exact) mass is 301 g/mol. The van der Waals surface area contributed by atoms with Crippen molar-refractivity contribution in [1.29, 1.82) is 0 Å². The molecule has 1 aliphatic heterocycles. The van der Waals surface area contributed by atoms with Crippen LogP contribution in [-0.4, -0.2) is 23.5 Å². The van der Waals surface area contributed by atoms with E-state index in [-0.39, 0.29) is 11.9 Å². The van der Waals surface area contributed by atoms with Gasteiger partial charge < -0.3 is 15.1 Å². The number of rotatable bonds is 0. The molecule has 2 N–H and O–H groups in total. The van der Waals surface area contributed by atoms with E-state index in [9.17, 15) is 4.79 Å². The lowest BCUT2D eigenvalue weighted by atomic mass is 10.1. The minimum atomic E-state index is -0.200. The van der Waals surface area contributed by atoms with Crippen LogP contribution in [0.15, 0.2) is 28.7 Å². The number of carbonyl (C=O) groups is 1. The first-order valence-electron chi connectivity index (χ1n) is 6.70. The zero-order valence-corrected chi connectivity index (χ0v) is 12.0. The van der Waals surface area contributed by atoms with E-state index >= 15 is 0 Å². The predicted octanol–water partition coefficient (Wildman–Crippen LogP) is 3.18. The van der Waals surface area contributed by atoms with Gasteiger partial charge >= 0.3 is 0 Å². The van der Waals surface area contributed by atoms with E-state index < -0.39 is 0 Å². The molecule has 4 rings (SSSR count). The fraction of sp³-hybridized carbons (Fsp3) is 0.200. The van der Waals surface area contributed by atoms with E-state index in [0.29, 0.717) is 23.0 Å². The molecule has 106 valence electrons. The van der Waals surface area contributed by atoms with Gasteiger partial charge in [0.2, 0.25) is 5.76 Å². The second-order valence-electron chi connectivity index (χ2n) is 5.20. The van der Waals surface area contributed by atoms with Crippen molar-refractivity contribution in [2.45, 2.75) is 13.0 Å². The van der Waals surface area contributed by atoms with Crippen LogP contribution in [0.25, 0.3) is 21.9 Å². The van der Waals surface area contributed by atoms with E-state index in [1.54, 1.807) is 6.07 Å². The van der Waals surface area contributed by atoms with E-state index in [2.05, 4.69) is 15.6 Å². The van der Waals surface area contributed by atoms with Crippen molar-refractivity contribution in [3.63, 3.8) is 0 Å². The molecular formula is C15H12ClN3O2. The zero-order chi connectivity index (χ0) is 14.6. The molecule has 3 heterocycles. The number of anilines is 1. The second-order valence-corrected chi connectivity index (χ2v) is 5.59. The van der Waals surface area contributed by atoms with Crippen LogP contribution in [-0.2, 0) is 0 Å². The van der Waals surface area contributed by atoms with Crippen LogP contribution in [0.5, 0.6) is 0 Å². The Bertz CT molecular complexity index is 887. The highest BCUT2D eigenvalue weighted by Crippen LogP contribution is 2.37. The summed E-state index contributed by atoms with van der Waals surface area (Å²) in [5.74, 6) is 0.116. The van der Waals surface area contributed by atoms with Crippen molar-refractivity contribution < 1.29 is 9.21 Å². The number of nitrogens with one attached hydrogen (secondary N) is 2. The highest BCUT2D eigenvalue weighted by Gasteiger charge is 2.26. The van der Waals surface area contributed by atoms with Crippen molar-refractivity contribution in [3.8, 4) is 0 Å². The van der Waals surface area contributed by atoms with E-state index in [4.69, 9.17) is 16.0 Å². The number of furan rings is 1. The Labute approximate surface area is 125 Å². The molecule has 0 bridgehead atoms. The fourth-order valence-corrected chi connectivity index (χ4v) is 2.85. The molecule has 6 heteroatoms. The molecule has 3 aromatic rings. The molecule has 1 aliphatic rings. The van der Waals surface area contributed by atoms with E-state index in [1.807, 2.05) is 25.1 Å². The number of nitrogens with zero attached hydrogens (tertiary/aromatic N) is 1. The molecule has 1 aromatic carbocycles. The summed E-state index contributed by atoms with van der Waals surface area (Å²) in [4.78, 5) is 16.5. The molecule has 5 nitrogen and oxygen atoms in total. The topological polar surface area (TPSA) is 67.2 Å². The molecule has 0 spiro atoms. The van der Waals surface area contributed by atoms with Gasteiger partial charge in [-0.25, -0.2) is 4.98 Å². The summed E-state index contributed by atoms with van der Waals surface area (Å²) >= 11 is 5.94. The average molecular weight is 302 g/mol. The maximum absolute atomic E-state index is 12.2. The number of aromatic nitrogens is 1. The van der Waals surface area contributed by atoms with E-state index in [0.717, 1.165) is 22.0 Å². The van der Waals surface area contributed by atoms with Crippen LogP contribution in [0.3, 0.4) is 0 Å². The van der Waals surface area contributed by atoms with Gasteiger partial charge in [0.25, 0.3) is 5.91 Å². The molecule has 0 aliphatic carbocycles. The Morgan fingerprint density at radius 1 is 1.33 bits per heavy atom. The van der Waals surface area contributed by atoms with Crippen molar-refractivity contribution in [2.24, 2.45) is 0 Å². The summed E-state index contributed by atoms with van der Waals surface area (Å²) in [5.41, 5.74) is 2.16. The summed E-state index contributed by atoms with van der Waals surface area (Å²) < 4.78 is 5.73. The number of amides is 1. The van der Waals surface area contributed by atoms with Crippen LogP contribution in [0.2, 0.25) is 5.15 Å². The van der Waals surface area contributed by atoms with Crippen LogP contribution in [0.1, 0.15) is 17.5 Å². The number of hydrogen-bond donors (Lipinski definition) is 2. The minimum absolute atomic E-state index is 0.0395. The third-order valence-electron chi connectivity index (χ3n) is 3.66. The summed E-state index contributed by atoms with van der Waals surface area (Å²) in [5, 5.41) is 8.41. The maximum Gasteiger partial charge on any atom is 0.289 e. The molecule has 21 heavy (non-hydrogen) atoms. The molecule has 2 aromatic heterocycles. The van der Waals surface area contributed by atoms with Crippen molar-refractivity contribution >= 4 is 45.1 Å². The lowest BCUT2D eigenvalue weighted by molar-refractivity contribution is 0.0920. The molecule has 0 radical (unpaired) electrons. The SMILES string of the molecule is C[C@@H]1CNc2c(oc3ccc4nc(Cl)ccc4c23)C(=O)N1. The Kier molecular flexibility index (Phi) is 2.59. The van der Waals surface area contributed by atoms with Gasteiger partial charge in [0.15, 0.2) is 0 Å². The first-order valence-corrected chi connectivity index (χ1v) is 7.08. The van der Waals surface area contributed by atoms with Gasteiger partial charge in [-0.05, 0) is 31.2 Å². The van der Waals surface area contributed by atoms with Gasteiger partial charge in [0.1, 0.15) is 10.7 Å². The predicted molar refractivity (Wildman–Crippen MR) is 81.9 cm³/mol. The van der Waals surface area contributed by atoms with Crippen LogP contribution >= 0.6 is 11.6 Å². The van der Waals surface area contributed by atoms with Crippen molar-refractivity contribution in [3.05, 3.63) is 35.2 Å². The fourth-order valence-electron chi connectivity index (χ4n) is 2.70. The summed E-state index contributed by atoms with van der Waals surface area (Å²) in [6.07, 6.45) is 0. The maximum atomic E-state index is 12.2. The molecule has 0 unspecified atom stereocenters. The first kappa shape index (κ1) is 12.5. The number of carbonyl (C=O) groups excluding carboxylic acids is 1. The molecule has 1 atom stereocenters. The Morgan fingerprint density at radius 3 is 3.05 bits per heavy atom. The number of pyridine rings is 1. The number of fused-ring (bicyclic) bond motifs is 5. The molecule has 0 fully saturated rings. The van der Waals surface area contributed by atoms with Gasteiger partial charge in [-0.15, -0.1) is 0 Å². The Hall–Kier alpha value is -2.27. The van der Waals surface area contributed by atoms with E-state index in [1.165, 1.54) is 0 Å². The molecule has 0 saturated carbocycles. The lowest BCUT2D eigenvalue weighted by Crippen LogP contribution is -2.34. The van der Waals surface area contributed by atoms with Gasteiger partial charge in [-0.3, -0.25) is 4.79 Å². The largest absolute Gasteiger partial charge is 0.449 e. The summed E-state index contributed by atoms with van der Waals surface area (Å²) in [6.45, 7) is 2.59. The minimum Gasteiger partial charge on any atom is -0.449 e. The Morgan fingerprint density at radius 2 is 2.19 bits per heavy atom. The molecule has 1 amide bonds. The zero-order valence-electron chi connectivity index (χ0n) is 11.2. The quantitative estimate of drug-likeness (QED) is 0.626. The Balaban J connectivity index is 2.08.